The Bertz CT molecular complexity index is 73.7. The summed E-state index contributed by atoms with van der Waals surface area (Å²) in [5, 5.41) is 3.26. The highest BCUT2D eigenvalue weighted by Gasteiger charge is 2.09. The Balaban J connectivity index is 3.40. The summed E-state index contributed by atoms with van der Waals surface area (Å²) in [6.07, 6.45) is 0.361. The van der Waals surface area contributed by atoms with Gasteiger partial charge in [0.25, 0.3) is 0 Å². The molecule has 0 rings (SSSR count). The monoisotopic (exact) mass is 145 g/mol. The fraction of sp³-hybridized carbons (Fsp3) is 1.00. The molecule has 0 spiro atoms. The molecule has 10 heavy (non-hydrogen) atoms. The molecule has 62 valence electrons. The average molecular weight is 145 g/mol. The van der Waals surface area contributed by atoms with Crippen LogP contribution in [0.25, 0.3) is 0 Å². The van der Waals surface area contributed by atoms with E-state index in [-0.39, 0.29) is 0 Å². The third-order valence-corrected chi connectivity index (χ3v) is 1.64. The zero-order chi connectivity index (χ0) is 7.98. The van der Waals surface area contributed by atoms with Crippen molar-refractivity contribution in [2.45, 2.75) is 26.9 Å². The second kappa shape index (κ2) is 5.69. The molecule has 0 amide bonds. The van der Waals surface area contributed by atoms with E-state index < -0.39 is 0 Å². The summed E-state index contributed by atoms with van der Waals surface area (Å²) in [5.74, 6) is 0.601. The van der Waals surface area contributed by atoms with Crippen molar-refractivity contribution < 1.29 is 4.74 Å². The minimum absolute atomic E-state index is 0.361. The highest BCUT2D eigenvalue weighted by molar-refractivity contribution is 4.63. The first kappa shape index (κ1) is 9.92. The zero-order valence-corrected chi connectivity index (χ0v) is 7.48. The lowest BCUT2D eigenvalue weighted by molar-refractivity contribution is 0.0653. The molecule has 0 aromatic rings. The Morgan fingerprint density at radius 1 is 1.40 bits per heavy atom. The molecular formula is C8H19NO. The molecule has 2 nitrogen and oxygen atoms in total. The summed E-state index contributed by atoms with van der Waals surface area (Å²) in [6.45, 7) is 8.43. The third-order valence-electron chi connectivity index (χ3n) is 1.64. The topological polar surface area (TPSA) is 21.3 Å². The molecular weight excluding hydrogens is 126 g/mol. The van der Waals surface area contributed by atoms with Crippen LogP contribution in [-0.2, 0) is 4.74 Å². The van der Waals surface area contributed by atoms with E-state index in [4.69, 9.17) is 4.74 Å². The van der Waals surface area contributed by atoms with Gasteiger partial charge in [-0.3, -0.25) is 0 Å². The SMILES string of the molecule is CCNCC(OC)C(C)C. The maximum Gasteiger partial charge on any atom is 0.0718 e. The normalized spacial score (nSPS) is 14.1. The van der Waals surface area contributed by atoms with Gasteiger partial charge in [-0.15, -0.1) is 0 Å². The molecule has 1 atom stereocenters. The smallest absolute Gasteiger partial charge is 0.0718 e. The summed E-state index contributed by atoms with van der Waals surface area (Å²) >= 11 is 0. The van der Waals surface area contributed by atoms with Crippen molar-refractivity contribution in [3.05, 3.63) is 0 Å². The summed E-state index contributed by atoms with van der Waals surface area (Å²) in [6, 6.07) is 0. The van der Waals surface area contributed by atoms with E-state index in [0.717, 1.165) is 13.1 Å². The van der Waals surface area contributed by atoms with Crippen molar-refractivity contribution in [1.29, 1.82) is 0 Å². The Hall–Kier alpha value is -0.0800. The van der Waals surface area contributed by atoms with E-state index in [0.29, 0.717) is 12.0 Å². The molecule has 0 radical (unpaired) electrons. The molecule has 1 unspecified atom stereocenters. The number of ether oxygens (including phenoxy) is 1. The zero-order valence-electron chi connectivity index (χ0n) is 7.48. The van der Waals surface area contributed by atoms with Gasteiger partial charge in [0.2, 0.25) is 0 Å². The largest absolute Gasteiger partial charge is 0.380 e. The van der Waals surface area contributed by atoms with Crippen molar-refractivity contribution in [3.63, 3.8) is 0 Å². The van der Waals surface area contributed by atoms with E-state index in [9.17, 15) is 0 Å². The first-order chi connectivity index (χ1) is 4.72. The van der Waals surface area contributed by atoms with Crippen molar-refractivity contribution in [2.75, 3.05) is 20.2 Å². The summed E-state index contributed by atoms with van der Waals surface area (Å²) in [7, 11) is 1.77. The van der Waals surface area contributed by atoms with Gasteiger partial charge in [0.05, 0.1) is 6.10 Å². The first-order valence-electron chi connectivity index (χ1n) is 3.95. The van der Waals surface area contributed by atoms with E-state index in [1.54, 1.807) is 7.11 Å². The lowest BCUT2D eigenvalue weighted by Crippen LogP contribution is -2.32. The first-order valence-corrected chi connectivity index (χ1v) is 3.95. The Labute approximate surface area is 64.0 Å². The number of methoxy groups -OCH3 is 1. The van der Waals surface area contributed by atoms with Gasteiger partial charge in [-0.2, -0.15) is 0 Å². The lowest BCUT2D eigenvalue weighted by atomic mass is 10.1. The molecule has 0 aliphatic rings. The maximum absolute atomic E-state index is 5.25. The van der Waals surface area contributed by atoms with Gasteiger partial charge in [0.15, 0.2) is 0 Å². The quantitative estimate of drug-likeness (QED) is 0.629. The second-order valence-corrected chi connectivity index (χ2v) is 2.83. The van der Waals surface area contributed by atoms with Gasteiger partial charge < -0.3 is 10.1 Å². The minimum atomic E-state index is 0.361. The van der Waals surface area contributed by atoms with Crippen LogP contribution in [0, 0.1) is 5.92 Å². The highest BCUT2D eigenvalue weighted by Crippen LogP contribution is 2.03. The van der Waals surface area contributed by atoms with Crippen LogP contribution >= 0.6 is 0 Å². The van der Waals surface area contributed by atoms with Gasteiger partial charge in [-0.25, -0.2) is 0 Å². The van der Waals surface area contributed by atoms with Crippen LogP contribution in [0.4, 0.5) is 0 Å². The number of hydrogen-bond donors (Lipinski definition) is 1. The van der Waals surface area contributed by atoms with Gasteiger partial charge in [-0.1, -0.05) is 20.8 Å². The van der Waals surface area contributed by atoms with Crippen LogP contribution in [0.1, 0.15) is 20.8 Å². The molecule has 0 bridgehead atoms. The fourth-order valence-corrected chi connectivity index (χ4v) is 0.878. The van der Waals surface area contributed by atoms with Gasteiger partial charge in [-0.05, 0) is 12.5 Å². The van der Waals surface area contributed by atoms with Gasteiger partial charge in [0.1, 0.15) is 0 Å². The number of likely N-dealkylation sites (N-methyl/N-ethyl adjacent to an activating group) is 1. The second-order valence-electron chi connectivity index (χ2n) is 2.83. The molecule has 0 aliphatic heterocycles. The van der Waals surface area contributed by atoms with Crippen molar-refractivity contribution in [2.24, 2.45) is 5.92 Å². The number of nitrogens with one attached hydrogen (secondary N) is 1. The van der Waals surface area contributed by atoms with E-state index >= 15 is 0 Å². The molecule has 0 aliphatic carbocycles. The molecule has 0 saturated carbocycles. The van der Waals surface area contributed by atoms with Crippen LogP contribution in [0.2, 0.25) is 0 Å². The molecule has 0 aromatic carbocycles. The summed E-state index contributed by atoms with van der Waals surface area (Å²) in [5.41, 5.74) is 0. The summed E-state index contributed by atoms with van der Waals surface area (Å²) in [4.78, 5) is 0. The highest BCUT2D eigenvalue weighted by atomic mass is 16.5. The Kier molecular flexibility index (Phi) is 5.64. The van der Waals surface area contributed by atoms with Crippen LogP contribution < -0.4 is 5.32 Å². The third kappa shape index (κ3) is 3.85. The predicted molar refractivity (Wildman–Crippen MR) is 44.2 cm³/mol. The Morgan fingerprint density at radius 2 is 2.00 bits per heavy atom. The number of rotatable bonds is 5. The lowest BCUT2D eigenvalue weighted by Gasteiger charge is -2.18. The van der Waals surface area contributed by atoms with Crippen molar-refractivity contribution >= 4 is 0 Å². The van der Waals surface area contributed by atoms with Crippen LogP contribution in [0.15, 0.2) is 0 Å². The average Bonchev–Trinajstić information content (AvgIpc) is 1.89. The van der Waals surface area contributed by atoms with Crippen LogP contribution in [-0.4, -0.2) is 26.3 Å². The molecule has 0 aromatic heterocycles. The van der Waals surface area contributed by atoms with E-state index in [2.05, 4.69) is 26.1 Å². The standard InChI is InChI=1S/C8H19NO/c1-5-9-6-8(10-4)7(2)3/h7-9H,5-6H2,1-4H3. The van der Waals surface area contributed by atoms with E-state index in [1.165, 1.54) is 0 Å². The minimum Gasteiger partial charge on any atom is -0.380 e. The Morgan fingerprint density at radius 3 is 2.30 bits per heavy atom. The van der Waals surface area contributed by atoms with Gasteiger partial charge >= 0.3 is 0 Å². The molecule has 0 heterocycles. The van der Waals surface area contributed by atoms with Crippen molar-refractivity contribution in [1.82, 2.24) is 5.32 Å². The summed E-state index contributed by atoms with van der Waals surface area (Å²) < 4.78 is 5.25. The molecule has 0 fully saturated rings. The van der Waals surface area contributed by atoms with Crippen LogP contribution in [0.3, 0.4) is 0 Å². The van der Waals surface area contributed by atoms with Crippen molar-refractivity contribution in [3.8, 4) is 0 Å². The maximum atomic E-state index is 5.25. The molecule has 2 heteroatoms. The molecule has 1 N–H and O–H groups in total. The van der Waals surface area contributed by atoms with Gasteiger partial charge in [0, 0.05) is 13.7 Å². The van der Waals surface area contributed by atoms with E-state index in [1.807, 2.05) is 0 Å². The fourth-order valence-electron chi connectivity index (χ4n) is 0.878. The van der Waals surface area contributed by atoms with Crippen LogP contribution in [0.5, 0.6) is 0 Å². The predicted octanol–water partition coefficient (Wildman–Crippen LogP) is 1.27. The molecule has 0 saturated heterocycles. The number of hydrogen-bond acceptors (Lipinski definition) is 2.